The standard InChI is InChI=1S/C4H6O2.C4H10O/c1-3-6-4(2)5;1-4(2,3)5/h3H,1H2,2H3;5H,1-3H3. The number of aliphatic hydroxyl groups is 1. The summed E-state index contributed by atoms with van der Waals surface area (Å²) in [7, 11) is 0. The number of hydrogen-bond acceptors (Lipinski definition) is 3. The molecule has 0 amide bonds. The third kappa shape index (κ3) is 100. The van der Waals surface area contributed by atoms with Gasteiger partial charge in [-0.3, -0.25) is 4.79 Å². The molecule has 0 atom stereocenters. The van der Waals surface area contributed by atoms with Crippen LogP contribution in [-0.4, -0.2) is 16.7 Å². The highest BCUT2D eigenvalue weighted by Gasteiger charge is 1.97. The van der Waals surface area contributed by atoms with E-state index in [9.17, 15) is 4.79 Å². The number of hydrogen-bond donors (Lipinski definition) is 1. The molecule has 0 aromatic rings. The lowest BCUT2D eigenvalue weighted by Crippen LogP contribution is -2.10. The van der Waals surface area contributed by atoms with Gasteiger partial charge in [-0.2, -0.15) is 0 Å². The van der Waals surface area contributed by atoms with Crippen LogP contribution >= 0.6 is 0 Å². The quantitative estimate of drug-likeness (QED) is 0.466. The van der Waals surface area contributed by atoms with Gasteiger partial charge >= 0.3 is 5.97 Å². The van der Waals surface area contributed by atoms with Crippen molar-refractivity contribution in [3.8, 4) is 0 Å². The van der Waals surface area contributed by atoms with E-state index < -0.39 is 5.60 Å². The Kier molecular flexibility index (Phi) is 6.89. The molecule has 0 rings (SSSR count). The van der Waals surface area contributed by atoms with Crippen molar-refractivity contribution < 1.29 is 14.6 Å². The smallest absolute Gasteiger partial charge is 0.307 e. The van der Waals surface area contributed by atoms with Crippen LogP contribution < -0.4 is 0 Å². The van der Waals surface area contributed by atoms with Gasteiger partial charge in [0.25, 0.3) is 0 Å². The minimum atomic E-state index is -0.500. The molecule has 1 N–H and O–H groups in total. The van der Waals surface area contributed by atoms with E-state index in [0.717, 1.165) is 6.26 Å². The average Bonchev–Trinajstić information content (AvgIpc) is 1.58. The third-order valence-corrected chi connectivity index (χ3v) is 0.249. The Morgan fingerprint density at radius 1 is 1.55 bits per heavy atom. The van der Waals surface area contributed by atoms with Crippen LogP contribution in [0.5, 0.6) is 0 Å². The molecule has 0 saturated heterocycles. The fourth-order valence-electron chi connectivity index (χ4n) is 0.117. The number of esters is 1. The number of rotatable bonds is 1. The van der Waals surface area contributed by atoms with Crippen molar-refractivity contribution in [2.75, 3.05) is 0 Å². The molecule has 0 radical (unpaired) electrons. The highest BCUT2D eigenvalue weighted by molar-refractivity contribution is 5.66. The van der Waals surface area contributed by atoms with Crippen LogP contribution in [0.25, 0.3) is 0 Å². The fourth-order valence-corrected chi connectivity index (χ4v) is 0.117. The van der Waals surface area contributed by atoms with Crippen LogP contribution in [0.3, 0.4) is 0 Å². The summed E-state index contributed by atoms with van der Waals surface area (Å²) in [6.07, 6.45) is 1.10. The van der Waals surface area contributed by atoms with Crippen LogP contribution in [0.2, 0.25) is 0 Å². The second-order valence-electron chi connectivity index (χ2n) is 2.95. The summed E-state index contributed by atoms with van der Waals surface area (Å²) < 4.78 is 4.17. The van der Waals surface area contributed by atoms with E-state index in [1.54, 1.807) is 20.8 Å². The minimum absolute atomic E-state index is 0.329. The molecular weight excluding hydrogens is 144 g/mol. The van der Waals surface area contributed by atoms with Gasteiger partial charge in [-0.25, -0.2) is 0 Å². The van der Waals surface area contributed by atoms with Crippen molar-refractivity contribution in [3.63, 3.8) is 0 Å². The molecule has 66 valence electrons. The van der Waals surface area contributed by atoms with Gasteiger partial charge in [-0.05, 0) is 20.8 Å². The molecule has 0 bridgehead atoms. The molecule has 0 aromatic carbocycles. The van der Waals surface area contributed by atoms with Crippen molar-refractivity contribution in [3.05, 3.63) is 12.8 Å². The molecule has 3 nitrogen and oxygen atoms in total. The van der Waals surface area contributed by atoms with Crippen molar-refractivity contribution >= 4 is 5.97 Å². The van der Waals surface area contributed by atoms with Crippen LogP contribution in [-0.2, 0) is 9.53 Å². The Morgan fingerprint density at radius 3 is 1.82 bits per heavy atom. The van der Waals surface area contributed by atoms with Gasteiger partial charge in [-0.1, -0.05) is 6.58 Å². The van der Waals surface area contributed by atoms with Gasteiger partial charge in [0.05, 0.1) is 11.9 Å². The Hall–Kier alpha value is -0.830. The van der Waals surface area contributed by atoms with E-state index in [4.69, 9.17) is 5.11 Å². The summed E-state index contributed by atoms with van der Waals surface area (Å²) in [5.41, 5.74) is -0.500. The summed E-state index contributed by atoms with van der Waals surface area (Å²) in [4.78, 5) is 9.75. The van der Waals surface area contributed by atoms with Crippen LogP contribution in [0.1, 0.15) is 27.7 Å². The van der Waals surface area contributed by atoms with Gasteiger partial charge in [0.1, 0.15) is 0 Å². The maximum atomic E-state index is 9.75. The zero-order valence-corrected chi connectivity index (χ0v) is 7.55. The first kappa shape index (κ1) is 12.8. The SMILES string of the molecule is C=COC(C)=O.CC(C)(C)O. The van der Waals surface area contributed by atoms with Crippen molar-refractivity contribution in [1.82, 2.24) is 0 Å². The lowest BCUT2D eigenvalue weighted by molar-refractivity contribution is -0.135. The highest BCUT2D eigenvalue weighted by atomic mass is 16.5. The Morgan fingerprint density at radius 2 is 1.82 bits per heavy atom. The van der Waals surface area contributed by atoms with E-state index in [0.29, 0.717) is 0 Å². The molecule has 0 aromatic heterocycles. The van der Waals surface area contributed by atoms with Crippen molar-refractivity contribution in [1.29, 1.82) is 0 Å². The monoisotopic (exact) mass is 160 g/mol. The Bertz CT molecular complexity index is 116. The van der Waals surface area contributed by atoms with E-state index in [2.05, 4.69) is 11.3 Å². The lowest BCUT2D eigenvalue weighted by Gasteiger charge is -2.04. The molecule has 0 unspecified atom stereocenters. The maximum absolute atomic E-state index is 9.75. The number of carbonyl (C=O) groups is 1. The summed E-state index contributed by atoms with van der Waals surface area (Å²) >= 11 is 0. The normalized spacial score (nSPS) is 9.18. The van der Waals surface area contributed by atoms with E-state index in [-0.39, 0.29) is 5.97 Å². The zero-order valence-electron chi connectivity index (χ0n) is 7.55. The third-order valence-electron chi connectivity index (χ3n) is 0.249. The van der Waals surface area contributed by atoms with Crippen molar-refractivity contribution in [2.24, 2.45) is 0 Å². The molecule has 0 spiro atoms. The summed E-state index contributed by atoms with van der Waals surface area (Å²) in [5.74, 6) is -0.329. The van der Waals surface area contributed by atoms with Crippen LogP contribution in [0.4, 0.5) is 0 Å². The fraction of sp³-hybridized carbons (Fsp3) is 0.625. The largest absolute Gasteiger partial charge is 0.435 e. The lowest BCUT2D eigenvalue weighted by atomic mass is 10.2. The first-order valence-corrected chi connectivity index (χ1v) is 3.28. The predicted octanol–water partition coefficient (Wildman–Crippen LogP) is 1.47. The summed E-state index contributed by atoms with van der Waals surface area (Å²) in [5, 5.41) is 8.52. The molecule has 0 aliphatic carbocycles. The Balaban J connectivity index is 0. The van der Waals surface area contributed by atoms with Gasteiger partial charge in [-0.15, -0.1) is 0 Å². The number of carbonyl (C=O) groups excluding carboxylic acids is 1. The molecule has 11 heavy (non-hydrogen) atoms. The molecule has 0 heterocycles. The van der Waals surface area contributed by atoms with Gasteiger partial charge in [0.15, 0.2) is 0 Å². The van der Waals surface area contributed by atoms with E-state index in [1.807, 2.05) is 0 Å². The van der Waals surface area contributed by atoms with Crippen LogP contribution in [0, 0.1) is 0 Å². The predicted molar refractivity (Wildman–Crippen MR) is 43.9 cm³/mol. The Labute approximate surface area is 67.7 Å². The highest BCUT2D eigenvalue weighted by Crippen LogP contribution is 1.93. The second kappa shape index (κ2) is 5.92. The average molecular weight is 160 g/mol. The van der Waals surface area contributed by atoms with Gasteiger partial charge in [0, 0.05) is 6.92 Å². The van der Waals surface area contributed by atoms with E-state index in [1.165, 1.54) is 6.92 Å². The molecular formula is C8H16O3. The minimum Gasteiger partial charge on any atom is -0.435 e. The molecule has 3 heteroatoms. The van der Waals surface area contributed by atoms with Crippen LogP contribution in [0.15, 0.2) is 12.8 Å². The topological polar surface area (TPSA) is 46.5 Å². The summed E-state index contributed by atoms with van der Waals surface area (Å²) in [6.45, 7) is 9.71. The van der Waals surface area contributed by atoms with Gasteiger partial charge < -0.3 is 9.84 Å². The van der Waals surface area contributed by atoms with E-state index >= 15 is 0 Å². The molecule has 0 fully saturated rings. The maximum Gasteiger partial charge on any atom is 0.307 e. The second-order valence-corrected chi connectivity index (χ2v) is 2.95. The first-order valence-electron chi connectivity index (χ1n) is 3.28. The van der Waals surface area contributed by atoms with Crippen molar-refractivity contribution in [2.45, 2.75) is 33.3 Å². The zero-order chi connectivity index (χ0) is 9.49. The number of ether oxygens (including phenoxy) is 1. The summed E-state index contributed by atoms with van der Waals surface area (Å²) in [6, 6.07) is 0. The molecule has 0 saturated carbocycles. The van der Waals surface area contributed by atoms with Gasteiger partial charge in [0.2, 0.25) is 0 Å². The first-order chi connectivity index (χ1) is 4.77. The molecule has 0 aliphatic heterocycles. The molecule has 0 aliphatic rings.